The molecule has 7 heteroatoms. The van der Waals surface area contributed by atoms with Gasteiger partial charge in [0.1, 0.15) is 5.82 Å². The number of imidazole rings is 1. The van der Waals surface area contributed by atoms with Crippen molar-refractivity contribution in [1.29, 1.82) is 0 Å². The molecule has 6 nitrogen and oxygen atoms in total. The SMILES string of the molecule is c1ccc(-c2nc(-c3ccc4c(c3)c3ccccc3n4-c3ccccc3)nc(-c3cccc4sc5cccc(-c6nc7ccccc7[nH]6)c5c34)n2)cc1. The Morgan fingerprint density at radius 1 is 0.453 bits per heavy atom. The lowest BCUT2D eigenvalue weighted by Crippen LogP contribution is -2.00. The highest BCUT2D eigenvalue weighted by atomic mass is 32.1. The van der Waals surface area contributed by atoms with E-state index in [2.05, 4.69) is 137 Å². The standard InChI is InChI=1S/C46H28N6S/c1-3-13-28(14-4-1)43-49-44(29-25-26-38-34(27-29)31-17-7-10-22-37(31)52(38)30-15-5-2-6-16-30)51-46(50-43)33-19-12-24-40-42(33)41-32(18-11-23-39(41)53-40)45-47-35-20-8-9-21-36(35)48-45/h1-27H,(H,47,48). The fraction of sp³-hybridized carbons (Fsp3) is 0. The zero-order valence-corrected chi connectivity index (χ0v) is 29.0. The number of hydrogen-bond acceptors (Lipinski definition) is 5. The Hall–Kier alpha value is -6.96. The smallest absolute Gasteiger partial charge is 0.164 e. The van der Waals surface area contributed by atoms with E-state index in [1.807, 2.05) is 36.4 Å². The van der Waals surface area contributed by atoms with Crippen LogP contribution >= 0.6 is 11.3 Å². The lowest BCUT2D eigenvalue weighted by atomic mass is 10.0. The van der Waals surface area contributed by atoms with Gasteiger partial charge in [-0.3, -0.25) is 0 Å². The first-order chi connectivity index (χ1) is 26.3. The second kappa shape index (κ2) is 11.8. The van der Waals surface area contributed by atoms with Crippen molar-refractivity contribution in [2.24, 2.45) is 0 Å². The van der Waals surface area contributed by atoms with Crippen LogP contribution in [-0.4, -0.2) is 29.5 Å². The highest BCUT2D eigenvalue weighted by Crippen LogP contribution is 2.44. The minimum atomic E-state index is 0.626. The third-order valence-corrected chi connectivity index (χ3v) is 11.1. The maximum Gasteiger partial charge on any atom is 0.164 e. The molecule has 0 fully saturated rings. The van der Waals surface area contributed by atoms with E-state index in [9.17, 15) is 0 Å². The number of hydrogen-bond donors (Lipinski definition) is 1. The number of aromatic nitrogens is 6. The Kier molecular flexibility index (Phi) is 6.62. The molecule has 4 heterocycles. The second-order valence-electron chi connectivity index (χ2n) is 13.2. The monoisotopic (exact) mass is 696 g/mol. The molecule has 0 unspecified atom stereocenters. The predicted octanol–water partition coefficient (Wildman–Crippen LogP) is 11.9. The van der Waals surface area contributed by atoms with Gasteiger partial charge < -0.3 is 9.55 Å². The zero-order valence-electron chi connectivity index (χ0n) is 28.2. The van der Waals surface area contributed by atoms with Crippen molar-refractivity contribution in [3.8, 4) is 51.2 Å². The number of nitrogens with zero attached hydrogens (tertiary/aromatic N) is 5. The molecule has 1 N–H and O–H groups in total. The number of rotatable bonds is 5. The second-order valence-corrected chi connectivity index (χ2v) is 14.2. The number of aromatic amines is 1. The van der Waals surface area contributed by atoms with Crippen LogP contribution in [0.15, 0.2) is 164 Å². The van der Waals surface area contributed by atoms with Gasteiger partial charge in [0.25, 0.3) is 0 Å². The van der Waals surface area contributed by atoms with Gasteiger partial charge >= 0.3 is 0 Å². The van der Waals surface area contributed by atoms with Gasteiger partial charge in [0.2, 0.25) is 0 Å². The average molecular weight is 697 g/mol. The highest BCUT2D eigenvalue weighted by molar-refractivity contribution is 7.26. The van der Waals surface area contributed by atoms with Crippen LogP contribution < -0.4 is 0 Å². The van der Waals surface area contributed by atoms with Crippen LogP contribution in [0.1, 0.15) is 0 Å². The summed E-state index contributed by atoms with van der Waals surface area (Å²) in [6.45, 7) is 0. The lowest BCUT2D eigenvalue weighted by molar-refractivity contribution is 1.08. The zero-order chi connectivity index (χ0) is 34.9. The van der Waals surface area contributed by atoms with Crippen LogP contribution in [0.5, 0.6) is 0 Å². The third kappa shape index (κ3) is 4.79. The summed E-state index contributed by atoms with van der Waals surface area (Å²) < 4.78 is 4.67. The molecule has 11 rings (SSSR count). The van der Waals surface area contributed by atoms with Crippen molar-refractivity contribution in [3.63, 3.8) is 0 Å². The molecular weight excluding hydrogens is 669 g/mol. The Labute approximate surface area is 307 Å². The Balaban J connectivity index is 1.15. The van der Waals surface area contributed by atoms with Crippen LogP contribution in [0.2, 0.25) is 0 Å². The first-order valence-corrected chi connectivity index (χ1v) is 18.4. The van der Waals surface area contributed by atoms with Crippen LogP contribution in [0.4, 0.5) is 0 Å². The van der Waals surface area contributed by atoms with Gasteiger partial charge in [0.15, 0.2) is 17.5 Å². The van der Waals surface area contributed by atoms with E-state index >= 15 is 0 Å². The number of para-hydroxylation sites is 4. The van der Waals surface area contributed by atoms with Crippen molar-refractivity contribution in [2.45, 2.75) is 0 Å². The molecule has 248 valence electrons. The summed E-state index contributed by atoms with van der Waals surface area (Å²) in [4.78, 5) is 24.2. The van der Waals surface area contributed by atoms with Gasteiger partial charge in [0, 0.05) is 58.9 Å². The molecular formula is C46H28N6S. The van der Waals surface area contributed by atoms with Gasteiger partial charge in [-0.25, -0.2) is 19.9 Å². The van der Waals surface area contributed by atoms with Gasteiger partial charge in [-0.15, -0.1) is 11.3 Å². The molecule has 0 radical (unpaired) electrons. The normalized spacial score (nSPS) is 11.8. The predicted molar refractivity (Wildman–Crippen MR) is 218 cm³/mol. The topological polar surface area (TPSA) is 72.3 Å². The molecule has 0 spiro atoms. The third-order valence-electron chi connectivity index (χ3n) is 10.0. The molecule has 0 atom stereocenters. The Morgan fingerprint density at radius 3 is 1.91 bits per heavy atom. The summed E-state index contributed by atoms with van der Waals surface area (Å²) in [5.41, 5.74) is 9.24. The number of nitrogens with one attached hydrogen (secondary N) is 1. The number of thiophene rings is 1. The van der Waals surface area contributed by atoms with Crippen molar-refractivity contribution in [3.05, 3.63) is 164 Å². The first kappa shape index (κ1) is 29.7. The molecule has 0 saturated heterocycles. The molecule has 53 heavy (non-hydrogen) atoms. The summed E-state index contributed by atoms with van der Waals surface area (Å²) in [5.74, 6) is 2.73. The molecule has 0 aliphatic rings. The molecule has 0 aliphatic carbocycles. The summed E-state index contributed by atoms with van der Waals surface area (Å²) in [6, 6.07) is 56.8. The number of fused-ring (bicyclic) bond motifs is 7. The average Bonchev–Trinajstić information content (AvgIpc) is 3.93. The maximum atomic E-state index is 5.28. The first-order valence-electron chi connectivity index (χ1n) is 17.6. The Bertz CT molecular complexity index is 3140. The van der Waals surface area contributed by atoms with Crippen LogP contribution in [-0.2, 0) is 0 Å². The van der Waals surface area contributed by atoms with Crippen molar-refractivity contribution in [1.82, 2.24) is 29.5 Å². The lowest BCUT2D eigenvalue weighted by Gasteiger charge is -2.11. The largest absolute Gasteiger partial charge is 0.338 e. The van der Waals surface area contributed by atoms with E-state index in [1.54, 1.807) is 11.3 Å². The van der Waals surface area contributed by atoms with E-state index in [4.69, 9.17) is 19.9 Å². The van der Waals surface area contributed by atoms with Crippen molar-refractivity contribution < 1.29 is 0 Å². The summed E-state index contributed by atoms with van der Waals surface area (Å²) >= 11 is 1.78. The van der Waals surface area contributed by atoms with Gasteiger partial charge in [-0.1, -0.05) is 103 Å². The minimum Gasteiger partial charge on any atom is -0.338 e. The van der Waals surface area contributed by atoms with Crippen molar-refractivity contribution in [2.75, 3.05) is 0 Å². The van der Waals surface area contributed by atoms with Gasteiger partial charge in [-0.05, 0) is 60.7 Å². The molecule has 0 amide bonds. The van der Waals surface area contributed by atoms with E-state index in [0.29, 0.717) is 17.5 Å². The fourth-order valence-corrected chi connectivity index (χ4v) is 8.80. The molecule has 0 aliphatic heterocycles. The van der Waals surface area contributed by atoms with E-state index in [0.717, 1.165) is 72.0 Å². The van der Waals surface area contributed by atoms with E-state index in [1.165, 1.54) is 14.8 Å². The van der Waals surface area contributed by atoms with Gasteiger partial charge in [0.05, 0.1) is 22.1 Å². The van der Waals surface area contributed by atoms with Crippen molar-refractivity contribution >= 4 is 64.3 Å². The quantitative estimate of drug-likeness (QED) is 0.194. The van der Waals surface area contributed by atoms with E-state index in [-0.39, 0.29) is 0 Å². The van der Waals surface area contributed by atoms with E-state index < -0.39 is 0 Å². The minimum absolute atomic E-state index is 0.626. The maximum absolute atomic E-state index is 5.28. The molecule has 4 aromatic heterocycles. The number of H-pyrrole nitrogens is 1. The summed E-state index contributed by atoms with van der Waals surface area (Å²) in [6.07, 6.45) is 0. The van der Waals surface area contributed by atoms with Gasteiger partial charge in [-0.2, -0.15) is 0 Å². The molecule has 0 saturated carbocycles. The number of benzene rings is 7. The fourth-order valence-electron chi connectivity index (χ4n) is 7.64. The van der Waals surface area contributed by atoms with Crippen LogP contribution in [0.3, 0.4) is 0 Å². The summed E-state index contributed by atoms with van der Waals surface area (Å²) in [5, 5.41) is 4.58. The Morgan fingerprint density at radius 2 is 1.09 bits per heavy atom. The molecule has 7 aromatic carbocycles. The van der Waals surface area contributed by atoms with Crippen LogP contribution in [0, 0.1) is 0 Å². The molecule has 0 bridgehead atoms. The van der Waals surface area contributed by atoms with Crippen LogP contribution in [0.25, 0.3) is 104 Å². The highest BCUT2D eigenvalue weighted by Gasteiger charge is 2.21. The summed E-state index contributed by atoms with van der Waals surface area (Å²) in [7, 11) is 0. The molecule has 11 aromatic rings.